The second-order valence-corrected chi connectivity index (χ2v) is 7.06. The highest BCUT2D eigenvalue weighted by Crippen LogP contribution is 2.24. The van der Waals surface area contributed by atoms with E-state index >= 15 is 0 Å². The Morgan fingerprint density at radius 1 is 1.36 bits per heavy atom. The molecule has 3 aromatic rings. The molecule has 0 N–H and O–H groups in total. The number of fused-ring (bicyclic) bond motifs is 1. The zero-order valence-corrected chi connectivity index (χ0v) is 14.6. The number of nitro groups is 1. The average Bonchev–Trinajstić information content (AvgIpc) is 3.16. The number of thiazole rings is 1. The minimum absolute atomic E-state index is 0.0133. The van der Waals surface area contributed by atoms with Gasteiger partial charge in [0.2, 0.25) is 0 Å². The number of thiophene rings is 1. The zero-order valence-electron chi connectivity index (χ0n) is 13.0. The van der Waals surface area contributed by atoms with Crippen LogP contribution in [0.4, 0.5) is 9.39 Å². The number of benzene rings is 1. The fraction of sp³-hybridized carbons (Fsp3) is 0.125. The minimum Gasteiger partial charge on any atom is -0.317 e. The van der Waals surface area contributed by atoms with Gasteiger partial charge in [0.15, 0.2) is 4.80 Å². The fourth-order valence-corrected chi connectivity index (χ4v) is 4.10. The van der Waals surface area contributed by atoms with Gasteiger partial charge in [-0.25, -0.2) is 4.39 Å². The first-order chi connectivity index (χ1) is 12.0. The molecule has 0 bridgehead atoms. The lowest BCUT2D eigenvalue weighted by Crippen LogP contribution is -2.15. The third-order valence-electron chi connectivity index (χ3n) is 3.35. The van der Waals surface area contributed by atoms with E-state index in [0.717, 1.165) is 16.9 Å². The van der Waals surface area contributed by atoms with Crippen molar-refractivity contribution in [1.29, 1.82) is 0 Å². The number of aromatic nitrogens is 1. The smallest absolute Gasteiger partial charge is 0.317 e. The predicted molar refractivity (Wildman–Crippen MR) is 96.0 cm³/mol. The number of halogens is 1. The first-order valence-electron chi connectivity index (χ1n) is 7.28. The van der Waals surface area contributed by atoms with Crippen LogP contribution >= 0.6 is 22.7 Å². The summed E-state index contributed by atoms with van der Waals surface area (Å²) < 4.78 is 15.9. The Labute approximate surface area is 149 Å². The van der Waals surface area contributed by atoms with E-state index in [1.807, 2.05) is 11.5 Å². The SMILES string of the molecule is CCn1c(=NC(=O)C=Cc2ccc([N+](=O)[O-])s2)sc2cc(F)ccc21. The largest absolute Gasteiger partial charge is 0.324 e. The van der Waals surface area contributed by atoms with Crippen molar-refractivity contribution < 1.29 is 14.1 Å². The van der Waals surface area contributed by atoms with Crippen LogP contribution in [0.1, 0.15) is 11.8 Å². The molecule has 0 unspecified atom stereocenters. The van der Waals surface area contributed by atoms with Crippen LogP contribution in [-0.2, 0) is 11.3 Å². The van der Waals surface area contributed by atoms with Crippen LogP contribution in [0.25, 0.3) is 16.3 Å². The van der Waals surface area contributed by atoms with Crippen molar-refractivity contribution in [2.75, 3.05) is 0 Å². The molecule has 6 nitrogen and oxygen atoms in total. The molecule has 2 aromatic heterocycles. The number of hydrogen-bond donors (Lipinski definition) is 0. The van der Waals surface area contributed by atoms with E-state index < -0.39 is 10.8 Å². The number of carbonyl (C=O) groups is 1. The maximum absolute atomic E-state index is 13.4. The Morgan fingerprint density at radius 3 is 2.84 bits per heavy atom. The maximum Gasteiger partial charge on any atom is 0.324 e. The Morgan fingerprint density at radius 2 is 2.16 bits per heavy atom. The van der Waals surface area contributed by atoms with E-state index in [9.17, 15) is 19.3 Å². The normalized spacial score (nSPS) is 12.3. The summed E-state index contributed by atoms with van der Waals surface area (Å²) in [4.78, 5) is 27.4. The topological polar surface area (TPSA) is 77.5 Å². The van der Waals surface area contributed by atoms with E-state index in [1.54, 1.807) is 12.1 Å². The van der Waals surface area contributed by atoms with Crippen LogP contribution in [0, 0.1) is 15.9 Å². The second-order valence-electron chi connectivity index (χ2n) is 4.96. The molecule has 2 heterocycles. The monoisotopic (exact) mass is 377 g/mol. The van der Waals surface area contributed by atoms with Gasteiger partial charge < -0.3 is 4.57 Å². The maximum atomic E-state index is 13.4. The summed E-state index contributed by atoms with van der Waals surface area (Å²) in [5.41, 5.74) is 0.818. The molecule has 1 amide bonds. The van der Waals surface area contributed by atoms with Crippen molar-refractivity contribution in [3.8, 4) is 0 Å². The number of hydrogen-bond acceptors (Lipinski definition) is 5. The summed E-state index contributed by atoms with van der Waals surface area (Å²) in [5.74, 6) is -0.820. The predicted octanol–water partition coefficient (Wildman–Crippen LogP) is 3.97. The van der Waals surface area contributed by atoms with Crippen molar-refractivity contribution in [2.45, 2.75) is 13.5 Å². The summed E-state index contributed by atoms with van der Waals surface area (Å²) in [5, 5.41) is 10.7. The minimum atomic E-state index is -0.481. The molecule has 1 aromatic carbocycles. The standard InChI is InChI=1S/C16H12FN3O3S2/c1-2-19-12-6-3-10(17)9-13(12)25-16(19)18-14(21)7-4-11-5-8-15(24-11)20(22)23/h3-9H,2H2,1H3. The Kier molecular flexibility index (Phi) is 4.86. The van der Waals surface area contributed by atoms with Crippen LogP contribution < -0.4 is 4.80 Å². The second kappa shape index (κ2) is 7.08. The first kappa shape index (κ1) is 17.2. The average molecular weight is 377 g/mol. The van der Waals surface area contributed by atoms with Gasteiger partial charge in [-0.15, -0.1) is 0 Å². The molecular formula is C16H12FN3O3S2. The number of amides is 1. The summed E-state index contributed by atoms with van der Waals surface area (Å²) >= 11 is 2.21. The molecule has 0 spiro atoms. The Balaban J connectivity index is 1.91. The number of carbonyl (C=O) groups excluding carboxylic acids is 1. The molecule has 0 atom stereocenters. The molecule has 0 saturated heterocycles. The van der Waals surface area contributed by atoms with Crippen molar-refractivity contribution >= 4 is 49.9 Å². The van der Waals surface area contributed by atoms with Crippen molar-refractivity contribution in [3.63, 3.8) is 0 Å². The molecule has 0 aliphatic carbocycles. The molecule has 3 rings (SSSR count). The van der Waals surface area contributed by atoms with Crippen LogP contribution in [0.5, 0.6) is 0 Å². The zero-order chi connectivity index (χ0) is 18.0. The third kappa shape index (κ3) is 3.72. The summed E-state index contributed by atoms with van der Waals surface area (Å²) in [6.07, 6.45) is 2.76. The third-order valence-corrected chi connectivity index (χ3v) is 5.39. The van der Waals surface area contributed by atoms with Gasteiger partial charge in [0.25, 0.3) is 5.91 Å². The van der Waals surface area contributed by atoms with Crippen LogP contribution in [-0.4, -0.2) is 15.4 Å². The van der Waals surface area contributed by atoms with E-state index in [4.69, 9.17) is 0 Å². The van der Waals surface area contributed by atoms with Gasteiger partial charge in [-0.3, -0.25) is 14.9 Å². The first-order valence-corrected chi connectivity index (χ1v) is 8.91. The van der Waals surface area contributed by atoms with Gasteiger partial charge in [-0.1, -0.05) is 22.7 Å². The van der Waals surface area contributed by atoms with Crippen molar-refractivity contribution in [3.05, 3.63) is 62.0 Å². The molecule has 0 aliphatic heterocycles. The highest BCUT2D eigenvalue weighted by Gasteiger charge is 2.09. The number of rotatable bonds is 4. The Hall–Kier alpha value is -2.65. The van der Waals surface area contributed by atoms with Crippen LogP contribution in [0.3, 0.4) is 0 Å². The highest BCUT2D eigenvalue weighted by molar-refractivity contribution is 7.16. The van der Waals surface area contributed by atoms with Crippen LogP contribution in [0.15, 0.2) is 41.4 Å². The Bertz CT molecular complexity index is 1060. The van der Waals surface area contributed by atoms with Gasteiger partial charge in [0.1, 0.15) is 5.82 Å². The van der Waals surface area contributed by atoms with Crippen molar-refractivity contribution in [2.24, 2.45) is 4.99 Å². The molecule has 0 radical (unpaired) electrons. The van der Waals surface area contributed by atoms with Crippen LogP contribution in [0.2, 0.25) is 0 Å². The lowest BCUT2D eigenvalue weighted by molar-refractivity contribution is -0.380. The van der Waals surface area contributed by atoms with Gasteiger partial charge in [-0.05, 0) is 37.3 Å². The number of aryl methyl sites for hydroxylation is 1. The molecule has 9 heteroatoms. The molecular weight excluding hydrogens is 365 g/mol. The molecule has 25 heavy (non-hydrogen) atoms. The molecule has 0 saturated carbocycles. The lowest BCUT2D eigenvalue weighted by Gasteiger charge is -1.99. The summed E-state index contributed by atoms with van der Waals surface area (Å²) in [7, 11) is 0. The molecule has 0 aliphatic rings. The number of nitrogens with zero attached hydrogens (tertiary/aromatic N) is 3. The summed E-state index contributed by atoms with van der Waals surface area (Å²) in [6.45, 7) is 2.51. The van der Waals surface area contributed by atoms with Crippen molar-refractivity contribution in [1.82, 2.24) is 4.57 Å². The van der Waals surface area contributed by atoms with Gasteiger partial charge in [-0.2, -0.15) is 4.99 Å². The van der Waals surface area contributed by atoms with Gasteiger partial charge >= 0.3 is 5.00 Å². The van der Waals surface area contributed by atoms with Gasteiger partial charge in [0.05, 0.1) is 15.1 Å². The van der Waals surface area contributed by atoms with E-state index in [-0.39, 0.29) is 10.8 Å². The fourth-order valence-electron chi connectivity index (χ4n) is 2.25. The lowest BCUT2D eigenvalue weighted by atomic mass is 10.3. The quantitative estimate of drug-likeness (QED) is 0.392. The summed E-state index contributed by atoms with van der Waals surface area (Å²) in [6, 6.07) is 7.40. The van der Waals surface area contributed by atoms with E-state index in [1.165, 1.54) is 41.7 Å². The molecule has 0 fully saturated rings. The van der Waals surface area contributed by atoms with E-state index in [2.05, 4.69) is 4.99 Å². The van der Waals surface area contributed by atoms with E-state index in [0.29, 0.717) is 20.9 Å². The molecule has 128 valence electrons. The van der Waals surface area contributed by atoms with Gasteiger partial charge in [0, 0.05) is 23.6 Å². The highest BCUT2D eigenvalue weighted by atomic mass is 32.1.